The fraction of sp³-hybridized carbons (Fsp3) is 0.565. The normalized spacial score (nSPS) is 20.3. The maximum absolute atomic E-state index is 11.7. The average molecular weight is 480 g/mol. The molecule has 0 spiro atoms. The lowest BCUT2D eigenvalue weighted by Gasteiger charge is -2.42. The van der Waals surface area contributed by atoms with Crippen LogP contribution in [-0.4, -0.2) is 40.9 Å². The zero-order valence-electron chi connectivity index (χ0n) is 19.5. The topological polar surface area (TPSA) is 101 Å². The van der Waals surface area contributed by atoms with Crippen LogP contribution in [0, 0.1) is 5.92 Å². The Morgan fingerprint density at radius 3 is 2.62 bits per heavy atom. The summed E-state index contributed by atoms with van der Waals surface area (Å²) in [6, 6.07) is 8.15. The fourth-order valence-electron chi connectivity index (χ4n) is 4.90. The van der Waals surface area contributed by atoms with Gasteiger partial charge in [-0.05, 0) is 84.1 Å². The van der Waals surface area contributed by atoms with E-state index in [4.69, 9.17) is 16.7 Å². The predicted octanol–water partition coefficient (Wildman–Crippen LogP) is 4.61. The van der Waals surface area contributed by atoms with Gasteiger partial charge in [0.15, 0.2) is 5.03 Å². The number of hydrogen-bond donors (Lipinski definition) is 2. The van der Waals surface area contributed by atoms with Crippen molar-refractivity contribution in [2.45, 2.75) is 76.0 Å². The molecule has 0 aromatic carbocycles. The lowest BCUT2D eigenvalue weighted by Crippen LogP contribution is -2.50. The number of likely N-dealkylation sites (tertiary alicyclic amines) is 1. The molecular formula is C23H34ClN5O2S. The number of primary sulfonamides is 1. The highest BCUT2D eigenvalue weighted by Crippen LogP contribution is 2.40. The summed E-state index contributed by atoms with van der Waals surface area (Å²) in [6.45, 7) is 12.5. The average Bonchev–Trinajstić information content (AvgIpc) is 2.99. The van der Waals surface area contributed by atoms with Gasteiger partial charge in [-0.15, -0.1) is 0 Å². The third-order valence-electron chi connectivity index (χ3n) is 6.07. The number of pyridine rings is 2. The molecule has 176 valence electrons. The quantitative estimate of drug-likeness (QED) is 0.601. The van der Waals surface area contributed by atoms with E-state index in [0.717, 1.165) is 31.5 Å². The van der Waals surface area contributed by atoms with Gasteiger partial charge >= 0.3 is 0 Å². The van der Waals surface area contributed by atoms with Crippen molar-refractivity contribution in [3.05, 3.63) is 47.2 Å². The Kier molecular flexibility index (Phi) is 7.20. The second-order valence-corrected chi connectivity index (χ2v) is 12.2. The van der Waals surface area contributed by atoms with Crippen LogP contribution in [0.3, 0.4) is 0 Å². The number of aromatic nitrogens is 2. The molecule has 3 heterocycles. The van der Waals surface area contributed by atoms with E-state index in [-0.39, 0.29) is 22.1 Å². The molecule has 32 heavy (non-hydrogen) atoms. The summed E-state index contributed by atoms with van der Waals surface area (Å²) in [6.07, 6.45) is 4.61. The minimum absolute atomic E-state index is 0.114. The standard InChI is InChI=1S/C23H34ClN5O2S/c1-22(2,3)29-15-16(14-23(29,4)5)9-10-18(19-13-17(24)11-12-26-19)27-20-7-6-8-21(28-20)32(25,30)31/h6-8,11-13,16,18H,9-10,14-15H2,1-5H3,(H,27,28)(H2,25,30,31)/t16-,18?/m0/s1. The number of nitrogens with two attached hydrogens (primary N) is 1. The third kappa shape index (κ3) is 6.19. The van der Waals surface area contributed by atoms with Crippen LogP contribution in [0.2, 0.25) is 5.02 Å². The molecule has 1 aliphatic heterocycles. The summed E-state index contributed by atoms with van der Waals surface area (Å²) in [7, 11) is -3.88. The van der Waals surface area contributed by atoms with Crippen LogP contribution in [0.15, 0.2) is 41.6 Å². The minimum atomic E-state index is -3.88. The van der Waals surface area contributed by atoms with Crippen molar-refractivity contribution in [1.29, 1.82) is 0 Å². The summed E-state index contributed by atoms with van der Waals surface area (Å²) in [5, 5.41) is 9.04. The molecule has 3 rings (SSSR count). The van der Waals surface area contributed by atoms with Crippen LogP contribution in [0.1, 0.15) is 65.6 Å². The Labute approximate surface area is 196 Å². The largest absolute Gasteiger partial charge is 0.362 e. The van der Waals surface area contributed by atoms with Gasteiger partial charge in [0, 0.05) is 28.8 Å². The summed E-state index contributed by atoms with van der Waals surface area (Å²) < 4.78 is 23.4. The van der Waals surface area contributed by atoms with Crippen molar-refractivity contribution in [3.63, 3.8) is 0 Å². The zero-order chi connectivity index (χ0) is 23.7. The lowest BCUT2D eigenvalue weighted by molar-refractivity contribution is 0.0669. The third-order valence-corrected chi connectivity index (χ3v) is 7.12. The summed E-state index contributed by atoms with van der Waals surface area (Å²) in [5.41, 5.74) is 1.05. The first-order chi connectivity index (χ1) is 14.8. The molecule has 7 nitrogen and oxygen atoms in total. The lowest BCUT2D eigenvalue weighted by atomic mass is 9.90. The molecule has 1 fully saturated rings. The Hall–Kier alpha value is -1.74. The van der Waals surface area contributed by atoms with Gasteiger partial charge < -0.3 is 5.32 Å². The van der Waals surface area contributed by atoms with E-state index in [2.05, 4.69) is 54.8 Å². The number of sulfonamides is 1. The van der Waals surface area contributed by atoms with E-state index in [1.807, 2.05) is 6.07 Å². The Balaban J connectivity index is 1.80. The molecule has 2 atom stereocenters. The van der Waals surface area contributed by atoms with Gasteiger partial charge in [-0.25, -0.2) is 18.5 Å². The minimum Gasteiger partial charge on any atom is -0.362 e. The van der Waals surface area contributed by atoms with Gasteiger partial charge in [-0.1, -0.05) is 17.7 Å². The van der Waals surface area contributed by atoms with Crippen LogP contribution in [0.25, 0.3) is 0 Å². The number of rotatable bonds is 7. The van der Waals surface area contributed by atoms with Crippen molar-refractivity contribution in [2.24, 2.45) is 11.1 Å². The zero-order valence-corrected chi connectivity index (χ0v) is 21.0. The summed E-state index contributed by atoms with van der Waals surface area (Å²) in [4.78, 5) is 11.3. The Bertz CT molecular complexity index is 1050. The molecule has 2 aromatic heterocycles. The molecule has 0 aliphatic carbocycles. The molecule has 0 bridgehead atoms. The van der Waals surface area contributed by atoms with E-state index in [1.54, 1.807) is 24.4 Å². The van der Waals surface area contributed by atoms with Gasteiger partial charge in [-0.3, -0.25) is 9.88 Å². The first kappa shape index (κ1) is 24.9. The fourth-order valence-corrected chi connectivity index (χ4v) is 5.56. The Morgan fingerprint density at radius 1 is 1.31 bits per heavy atom. The van der Waals surface area contributed by atoms with E-state index >= 15 is 0 Å². The number of nitrogens with one attached hydrogen (secondary N) is 1. The molecule has 0 radical (unpaired) electrons. The number of nitrogens with zero attached hydrogens (tertiary/aromatic N) is 3. The number of hydrogen-bond acceptors (Lipinski definition) is 6. The van der Waals surface area contributed by atoms with Crippen molar-refractivity contribution < 1.29 is 8.42 Å². The first-order valence-electron chi connectivity index (χ1n) is 10.9. The van der Waals surface area contributed by atoms with Crippen LogP contribution in [-0.2, 0) is 10.0 Å². The highest BCUT2D eigenvalue weighted by Gasteiger charge is 2.43. The first-order valence-corrected chi connectivity index (χ1v) is 12.8. The maximum Gasteiger partial charge on any atom is 0.255 e. The highest BCUT2D eigenvalue weighted by atomic mass is 35.5. The van der Waals surface area contributed by atoms with Gasteiger partial charge in [0.25, 0.3) is 10.0 Å². The van der Waals surface area contributed by atoms with Crippen molar-refractivity contribution in [2.75, 3.05) is 11.9 Å². The molecule has 9 heteroatoms. The van der Waals surface area contributed by atoms with E-state index in [9.17, 15) is 8.42 Å². The van der Waals surface area contributed by atoms with Crippen LogP contribution >= 0.6 is 11.6 Å². The Morgan fingerprint density at radius 2 is 2.03 bits per heavy atom. The SMILES string of the molecule is CC(C)(C)N1C[C@@H](CCC(Nc2cccc(S(N)(=O)=O)n2)c2cc(Cl)ccn2)CC1(C)C. The van der Waals surface area contributed by atoms with Crippen molar-refractivity contribution in [1.82, 2.24) is 14.9 Å². The van der Waals surface area contributed by atoms with Crippen LogP contribution < -0.4 is 10.5 Å². The van der Waals surface area contributed by atoms with E-state index < -0.39 is 10.0 Å². The van der Waals surface area contributed by atoms with Gasteiger partial charge in [0.2, 0.25) is 0 Å². The van der Waals surface area contributed by atoms with Crippen molar-refractivity contribution in [3.8, 4) is 0 Å². The maximum atomic E-state index is 11.7. The molecule has 0 saturated carbocycles. The van der Waals surface area contributed by atoms with Crippen LogP contribution in [0.4, 0.5) is 5.82 Å². The molecule has 1 saturated heterocycles. The van der Waals surface area contributed by atoms with E-state index in [0.29, 0.717) is 16.8 Å². The smallest absolute Gasteiger partial charge is 0.255 e. The van der Waals surface area contributed by atoms with E-state index in [1.165, 1.54) is 6.07 Å². The molecule has 2 aromatic rings. The monoisotopic (exact) mass is 479 g/mol. The molecular weight excluding hydrogens is 446 g/mol. The van der Waals surface area contributed by atoms with Gasteiger partial charge in [0.05, 0.1) is 11.7 Å². The second kappa shape index (κ2) is 9.25. The van der Waals surface area contributed by atoms with Gasteiger partial charge in [0.1, 0.15) is 5.82 Å². The number of halogens is 1. The summed E-state index contributed by atoms with van der Waals surface area (Å²) >= 11 is 6.23. The summed E-state index contributed by atoms with van der Waals surface area (Å²) in [5.74, 6) is 0.989. The van der Waals surface area contributed by atoms with Crippen LogP contribution in [0.5, 0.6) is 0 Å². The van der Waals surface area contributed by atoms with Crippen molar-refractivity contribution >= 4 is 27.4 Å². The molecule has 1 unspecified atom stereocenters. The molecule has 0 amide bonds. The molecule has 1 aliphatic rings. The predicted molar refractivity (Wildman–Crippen MR) is 129 cm³/mol. The number of anilines is 1. The highest BCUT2D eigenvalue weighted by molar-refractivity contribution is 7.89. The molecule has 3 N–H and O–H groups in total. The van der Waals surface area contributed by atoms with Gasteiger partial charge in [-0.2, -0.15) is 0 Å². The second-order valence-electron chi connectivity index (χ2n) is 10.2.